The number of halogens is 1. The van der Waals surface area contributed by atoms with Crippen LogP contribution in [0.2, 0.25) is 5.15 Å². The fourth-order valence-electron chi connectivity index (χ4n) is 1.39. The second kappa shape index (κ2) is 3.45. The highest BCUT2D eigenvalue weighted by Crippen LogP contribution is 2.30. The van der Waals surface area contributed by atoms with Crippen molar-refractivity contribution in [1.82, 2.24) is 14.6 Å². The molecule has 1 fully saturated rings. The van der Waals surface area contributed by atoms with Gasteiger partial charge in [-0.05, 0) is 25.0 Å². The predicted octanol–water partition coefficient (Wildman–Crippen LogP) is 1.70. The molecule has 0 unspecified atom stereocenters. The van der Waals surface area contributed by atoms with Gasteiger partial charge in [0.2, 0.25) is 5.88 Å². The van der Waals surface area contributed by atoms with E-state index in [1.807, 2.05) is 0 Å². The molecule has 5 nitrogen and oxygen atoms in total. The van der Waals surface area contributed by atoms with E-state index in [2.05, 4.69) is 10.1 Å². The SMILES string of the molecule is O=C(Oc1cn2nc(Cl)ccc2n1)C1CC1. The van der Waals surface area contributed by atoms with Gasteiger partial charge in [-0.25, -0.2) is 4.52 Å². The van der Waals surface area contributed by atoms with Crippen molar-refractivity contribution in [3.05, 3.63) is 23.5 Å². The monoisotopic (exact) mass is 237 g/mol. The second-order valence-electron chi connectivity index (χ2n) is 3.73. The molecule has 82 valence electrons. The summed E-state index contributed by atoms with van der Waals surface area (Å²) in [7, 11) is 0. The molecule has 0 aliphatic heterocycles. The molecular weight excluding hydrogens is 230 g/mol. The van der Waals surface area contributed by atoms with Crippen molar-refractivity contribution in [3.8, 4) is 5.88 Å². The Hall–Kier alpha value is -1.62. The lowest BCUT2D eigenvalue weighted by atomic mass is 10.4. The number of carbonyl (C=O) groups is 1. The lowest BCUT2D eigenvalue weighted by molar-refractivity contribution is -0.136. The molecule has 0 radical (unpaired) electrons. The first kappa shape index (κ1) is 9.59. The maximum absolute atomic E-state index is 11.4. The molecule has 2 aromatic heterocycles. The van der Waals surface area contributed by atoms with Gasteiger partial charge >= 0.3 is 5.97 Å². The number of fused-ring (bicyclic) bond motifs is 1. The molecular formula is C10H8ClN3O2. The normalized spacial score (nSPS) is 15.3. The third-order valence-corrected chi connectivity index (χ3v) is 2.58. The minimum absolute atomic E-state index is 0.0568. The third-order valence-electron chi connectivity index (χ3n) is 2.38. The quantitative estimate of drug-likeness (QED) is 0.746. The number of esters is 1. The fourth-order valence-corrected chi connectivity index (χ4v) is 1.54. The van der Waals surface area contributed by atoms with Crippen molar-refractivity contribution < 1.29 is 9.53 Å². The van der Waals surface area contributed by atoms with E-state index < -0.39 is 0 Å². The molecule has 1 aliphatic rings. The molecule has 0 spiro atoms. The number of hydrogen-bond donors (Lipinski definition) is 0. The lowest BCUT2D eigenvalue weighted by Crippen LogP contribution is -2.09. The van der Waals surface area contributed by atoms with Crippen molar-refractivity contribution in [2.24, 2.45) is 5.92 Å². The zero-order valence-corrected chi connectivity index (χ0v) is 9.02. The van der Waals surface area contributed by atoms with E-state index in [9.17, 15) is 4.79 Å². The zero-order chi connectivity index (χ0) is 11.1. The number of hydrogen-bond acceptors (Lipinski definition) is 4. The smallest absolute Gasteiger partial charge is 0.315 e. The van der Waals surface area contributed by atoms with Crippen LogP contribution in [0.1, 0.15) is 12.8 Å². The van der Waals surface area contributed by atoms with Gasteiger partial charge in [0.15, 0.2) is 5.65 Å². The summed E-state index contributed by atoms with van der Waals surface area (Å²) in [5, 5.41) is 4.36. The van der Waals surface area contributed by atoms with Gasteiger partial charge in [-0.3, -0.25) is 4.79 Å². The van der Waals surface area contributed by atoms with Gasteiger partial charge in [0, 0.05) is 0 Å². The molecule has 6 heteroatoms. The molecule has 1 saturated carbocycles. The van der Waals surface area contributed by atoms with Crippen LogP contribution in [0.25, 0.3) is 5.65 Å². The molecule has 2 aromatic rings. The minimum atomic E-state index is -0.213. The van der Waals surface area contributed by atoms with E-state index in [4.69, 9.17) is 16.3 Å². The van der Waals surface area contributed by atoms with Crippen molar-refractivity contribution in [2.45, 2.75) is 12.8 Å². The van der Waals surface area contributed by atoms with Crippen LogP contribution in [0, 0.1) is 5.92 Å². The van der Waals surface area contributed by atoms with Gasteiger partial charge in [0.05, 0.1) is 12.1 Å². The Morgan fingerprint density at radius 1 is 1.50 bits per heavy atom. The highest BCUT2D eigenvalue weighted by Gasteiger charge is 2.32. The second-order valence-corrected chi connectivity index (χ2v) is 4.12. The van der Waals surface area contributed by atoms with E-state index in [0.717, 1.165) is 12.8 Å². The molecule has 0 N–H and O–H groups in total. The molecule has 0 atom stereocenters. The number of nitrogens with zero attached hydrogens (tertiary/aromatic N) is 3. The van der Waals surface area contributed by atoms with Crippen LogP contribution >= 0.6 is 11.6 Å². The summed E-state index contributed by atoms with van der Waals surface area (Å²) in [6.45, 7) is 0. The average Bonchev–Trinajstić information content (AvgIpc) is 3.00. The Morgan fingerprint density at radius 3 is 3.06 bits per heavy atom. The summed E-state index contributed by atoms with van der Waals surface area (Å²) < 4.78 is 6.59. The molecule has 16 heavy (non-hydrogen) atoms. The molecule has 3 rings (SSSR count). The average molecular weight is 238 g/mol. The van der Waals surface area contributed by atoms with Crippen LogP contribution in [0.5, 0.6) is 5.88 Å². The standard InChI is InChI=1S/C10H8ClN3O2/c11-7-3-4-8-12-9(5-14(8)13-7)16-10(15)6-1-2-6/h3-6H,1-2H2. The summed E-state index contributed by atoms with van der Waals surface area (Å²) in [6.07, 6.45) is 3.37. The van der Waals surface area contributed by atoms with Crippen molar-refractivity contribution in [1.29, 1.82) is 0 Å². The van der Waals surface area contributed by atoms with Crippen LogP contribution in [-0.2, 0) is 4.79 Å². The zero-order valence-electron chi connectivity index (χ0n) is 8.26. The summed E-state index contributed by atoms with van der Waals surface area (Å²) in [5.74, 6) is 0.113. The highest BCUT2D eigenvalue weighted by atomic mass is 35.5. The minimum Gasteiger partial charge on any atom is -0.405 e. The number of imidazole rings is 1. The first-order chi connectivity index (χ1) is 7.72. The van der Waals surface area contributed by atoms with Gasteiger partial charge in [0.25, 0.3) is 0 Å². The van der Waals surface area contributed by atoms with Gasteiger partial charge in [-0.2, -0.15) is 10.1 Å². The number of rotatable bonds is 2. The van der Waals surface area contributed by atoms with Gasteiger partial charge in [-0.1, -0.05) is 11.6 Å². The van der Waals surface area contributed by atoms with Crippen LogP contribution < -0.4 is 4.74 Å². The summed E-state index contributed by atoms with van der Waals surface area (Å²) in [6, 6.07) is 3.35. The van der Waals surface area contributed by atoms with E-state index in [0.29, 0.717) is 10.8 Å². The first-order valence-electron chi connectivity index (χ1n) is 4.96. The maximum Gasteiger partial charge on any atom is 0.315 e. The predicted molar refractivity (Wildman–Crippen MR) is 56.4 cm³/mol. The summed E-state index contributed by atoms with van der Waals surface area (Å²) in [4.78, 5) is 15.5. The van der Waals surface area contributed by atoms with Crippen molar-refractivity contribution >= 4 is 23.2 Å². The fraction of sp³-hybridized carbons (Fsp3) is 0.300. The van der Waals surface area contributed by atoms with E-state index in [1.165, 1.54) is 4.52 Å². The number of aromatic nitrogens is 3. The van der Waals surface area contributed by atoms with Crippen molar-refractivity contribution in [2.75, 3.05) is 0 Å². The number of carbonyl (C=O) groups excluding carboxylic acids is 1. The van der Waals surface area contributed by atoms with Crippen LogP contribution in [0.4, 0.5) is 0 Å². The van der Waals surface area contributed by atoms with Gasteiger partial charge < -0.3 is 4.74 Å². The summed E-state index contributed by atoms with van der Waals surface area (Å²) >= 11 is 5.73. The molecule has 0 amide bonds. The molecule has 0 bridgehead atoms. The Morgan fingerprint density at radius 2 is 2.31 bits per heavy atom. The first-order valence-corrected chi connectivity index (χ1v) is 5.34. The molecule has 2 heterocycles. The van der Waals surface area contributed by atoms with Gasteiger partial charge in [-0.15, -0.1) is 0 Å². The molecule has 0 saturated heterocycles. The van der Waals surface area contributed by atoms with E-state index in [1.54, 1.807) is 18.3 Å². The Bertz CT molecular complexity index is 562. The van der Waals surface area contributed by atoms with Crippen LogP contribution in [0.3, 0.4) is 0 Å². The number of ether oxygens (including phenoxy) is 1. The molecule has 1 aliphatic carbocycles. The highest BCUT2D eigenvalue weighted by molar-refractivity contribution is 6.29. The summed E-state index contributed by atoms with van der Waals surface area (Å²) in [5.41, 5.74) is 0.600. The Labute approximate surface area is 96.0 Å². The maximum atomic E-state index is 11.4. The van der Waals surface area contributed by atoms with E-state index >= 15 is 0 Å². The lowest BCUT2D eigenvalue weighted by Gasteiger charge is -1.95. The third kappa shape index (κ3) is 1.74. The van der Waals surface area contributed by atoms with Crippen molar-refractivity contribution in [3.63, 3.8) is 0 Å². The largest absolute Gasteiger partial charge is 0.405 e. The van der Waals surface area contributed by atoms with Crippen LogP contribution in [-0.4, -0.2) is 20.6 Å². The topological polar surface area (TPSA) is 56.5 Å². The Balaban J connectivity index is 1.89. The molecule has 0 aromatic carbocycles. The van der Waals surface area contributed by atoms with Gasteiger partial charge in [0.1, 0.15) is 5.15 Å². The Kier molecular flexibility index (Phi) is 2.07. The van der Waals surface area contributed by atoms with E-state index in [-0.39, 0.29) is 17.8 Å². The van der Waals surface area contributed by atoms with Crippen LogP contribution in [0.15, 0.2) is 18.3 Å².